The third-order valence-electron chi connectivity index (χ3n) is 4.04. The van der Waals surface area contributed by atoms with Crippen molar-refractivity contribution in [2.45, 2.75) is 13.1 Å². The molecule has 1 heterocycles. The Labute approximate surface area is 165 Å². The van der Waals surface area contributed by atoms with E-state index < -0.39 is 0 Å². The highest BCUT2D eigenvalue weighted by atomic mass is 35.5. The molecule has 0 aliphatic carbocycles. The standard InChI is InChI=1S/C19H17Cl2N3O3/c1-27-9-8-24-19(26)14-5-3-2-4-13(14)17(23-24)11-22-18(25)15-10-12(20)6-7-16(15)21/h2-7,10H,8-9,11H2,1H3,(H,22,25). The van der Waals surface area contributed by atoms with E-state index in [2.05, 4.69) is 10.4 Å². The molecule has 3 rings (SSSR count). The minimum absolute atomic E-state index is 0.134. The fourth-order valence-electron chi connectivity index (χ4n) is 2.70. The lowest BCUT2D eigenvalue weighted by molar-refractivity contribution is 0.0950. The minimum Gasteiger partial charge on any atom is -0.383 e. The summed E-state index contributed by atoms with van der Waals surface area (Å²) in [6.07, 6.45) is 0. The Kier molecular flexibility index (Phi) is 6.11. The molecule has 1 amide bonds. The van der Waals surface area contributed by atoms with Gasteiger partial charge in [-0.1, -0.05) is 41.4 Å². The van der Waals surface area contributed by atoms with Gasteiger partial charge in [-0.3, -0.25) is 9.59 Å². The summed E-state index contributed by atoms with van der Waals surface area (Å²) in [5.41, 5.74) is 0.657. The third kappa shape index (κ3) is 4.30. The Bertz CT molecular complexity index is 1050. The summed E-state index contributed by atoms with van der Waals surface area (Å²) in [4.78, 5) is 25.0. The van der Waals surface area contributed by atoms with Crippen LogP contribution in [0.4, 0.5) is 0 Å². The van der Waals surface area contributed by atoms with Crippen LogP contribution in [0.2, 0.25) is 10.0 Å². The Morgan fingerprint density at radius 2 is 1.93 bits per heavy atom. The first kappa shape index (κ1) is 19.4. The van der Waals surface area contributed by atoms with Crippen LogP contribution < -0.4 is 10.9 Å². The zero-order valence-electron chi connectivity index (χ0n) is 14.5. The number of methoxy groups -OCH3 is 1. The first-order valence-corrected chi connectivity index (χ1v) is 8.97. The molecule has 6 nitrogen and oxygen atoms in total. The molecule has 140 valence electrons. The van der Waals surface area contributed by atoms with Gasteiger partial charge in [0.15, 0.2) is 0 Å². The maximum absolute atomic E-state index is 12.6. The Morgan fingerprint density at radius 1 is 1.19 bits per heavy atom. The van der Waals surface area contributed by atoms with Crippen molar-refractivity contribution in [2.24, 2.45) is 0 Å². The zero-order chi connectivity index (χ0) is 19.4. The predicted octanol–water partition coefficient (Wildman–Crippen LogP) is 3.28. The van der Waals surface area contributed by atoms with Crippen LogP contribution in [0.25, 0.3) is 10.8 Å². The van der Waals surface area contributed by atoms with Crippen molar-refractivity contribution in [3.05, 3.63) is 74.1 Å². The number of aromatic nitrogens is 2. The smallest absolute Gasteiger partial charge is 0.274 e. The molecular formula is C19H17Cl2N3O3. The van der Waals surface area contributed by atoms with Gasteiger partial charge in [-0.25, -0.2) is 4.68 Å². The van der Waals surface area contributed by atoms with E-state index in [1.54, 1.807) is 37.4 Å². The van der Waals surface area contributed by atoms with Gasteiger partial charge in [-0.2, -0.15) is 5.10 Å². The second-order valence-electron chi connectivity index (χ2n) is 5.82. The fraction of sp³-hybridized carbons (Fsp3) is 0.211. The average molecular weight is 406 g/mol. The van der Waals surface area contributed by atoms with E-state index in [4.69, 9.17) is 27.9 Å². The molecule has 3 aromatic rings. The Hall–Kier alpha value is -2.41. The molecule has 27 heavy (non-hydrogen) atoms. The van der Waals surface area contributed by atoms with Crippen molar-refractivity contribution < 1.29 is 9.53 Å². The van der Waals surface area contributed by atoms with E-state index in [1.807, 2.05) is 6.07 Å². The molecule has 0 unspecified atom stereocenters. The van der Waals surface area contributed by atoms with Crippen LogP contribution in [0.5, 0.6) is 0 Å². The average Bonchev–Trinajstić information content (AvgIpc) is 2.68. The van der Waals surface area contributed by atoms with E-state index in [0.29, 0.717) is 39.7 Å². The van der Waals surface area contributed by atoms with Gasteiger partial charge in [0.1, 0.15) is 0 Å². The van der Waals surface area contributed by atoms with Gasteiger partial charge in [-0.05, 0) is 24.3 Å². The Balaban J connectivity index is 1.92. The van der Waals surface area contributed by atoms with Crippen LogP contribution in [0, 0.1) is 0 Å². The molecule has 0 aliphatic heterocycles. The van der Waals surface area contributed by atoms with Crippen LogP contribution in [0.15, 0.2) is 47.3 Å². The molecule has 0 aliphatic rings. The quantitative estimate of drug-likeness (QED) is 0.682. The lowest BCUT2D eigenvalue weighted by Gasteiger charge is -2.12. The monoisotopic (exact) mass is 405 g/mol. The van der Waals surface area contributed by atoms with E-state index in [-0.39, 0.29) is 23.6 Å². The number of nitrogens with zero attached hydrogens (tertiary/aromatic N) is 2. The number of hydrogen-bond donors (Lipinski definition) is 1. The van der Waals surface area contributed by atoms with Crippen molar-refractivity contribution in [2.75, 3.05) is 13.7 Å². The van der Waals surface area contributed by atoms with Gasteiger partial charge >= 0.3 is 0 Å². The number of fused-ring (bicyclic) bond motifs is 1. The summed E-state index contributed by atoms with van der Waals surface area (Å²) < 4.78 is 6.38. The molecule has 0 radical (unpaired) electrons. The number of hydrogen-bond acceptors (Lipinski definition) is 4. The molecule has 0 atom stereocenters. The van der Waals surface area contributed by atoms with Crippen molar-refractivity contribution in [3.8, 4) is 0 Å². The Morgan fingerprint density at radius 3 is 2.67 bits per heavy atom. The van der Waals surface area contributed by atoms with Gasteiger partial charge in [-0.15, -0.1) is 0 Å². The number of carbonyl (C=O) groups is 1. The van der Waals surface area contributed by atoms with Crippen molar-refractivity contribution >= 4 is 39.9 Å². The summed E-state index contributed by atoms with van der Waals surface area (Å²) in [5.74, 6) is -0.372. The van der Waals surface area contributed by atoms with Gasteiger partial charge in [0.25, 0.3) is 11.5 Å². The second kappa shape index (κ2) is 8.52. The lowest BCUT2D eigenvalue weighted by Crippen LogP contribution is -2.29. The number of benzene rings is 2. The number of carbonyl (C=O) groups excluding carboxylic acids is 1. The van der Waals surface area contributed by atoms with Crippen LogP contribution in [-0.4, -0.2) is 29.4 Å². The van der Waals surface area contributed by atoms with Crippen molar-refractivity contribution in [1.29, 1.82) is 0 Å². The van der Waals surface area contributed by atoms with Crippen molar-refractivity contribution in [1.82, 2.24) is 15.1 Å². The second-order valence-corrected chi connectivity index (χ2v) is 6.66. The van der Waals surface area contributed by atoms with Crippen LogP contribution in [0.1, 0.15) is 16.1 Å². The lowest BCUT2D eigenvalue weighted by atomic mass is 10.1. The van der Waals surface area contributed by atoms with Crippen molar-refractivity contribution in [3.63, 3.8) is 0 Å². The van der Waals surface area contributed by atoms with E-state index in [1.165, 1.54) is 10.7 Å². The molecule has 0 saturated heterocycles. The van der Waals surface area contributed by atoms with Crippen LogP contribution in [0.3, 0.4) is 0 Å². The topological polar surface area (TPSA) is 73.2 Å². The zero-order valence-corrected chi connectivity index (χ0v) is 16.0. The first-order chi connectivity index (χ1) is 13.0. The highest BCUT2D eigenvalue weighted by Gasteiger charge is 2.14. The fourth-order valence-corrected chi connectivity index (χ4v) is 3.07. The summed E-state index contributed by atoms with van der Waals surface area (Å²) in [7, 11) is 1.56. The van der Waals surface area contributed by atoms with E-state index in [0.717, 1.165) is 0 Å². The minimum atomic E-state index is -0.372. The summed E-state index contributed by atoms with van der Waals surface area (Å²) in [6.45, 7) is 0.811. The predicted molar refractivity (Wildman–Crippen MR) is 106 cm³/mol. The maximum Gasteiger partial charge on any atom is 0.274 e. The SMILES string of the molecule is COCCn1nc(CNC(=O)c2cc(Cl)ccc2Cl)c2ccccc2c1=O. The first-order valence-electron chi connectivity index (χ1n) is 8.22. The molecule has 8 heteroatoms. The van der Waals surface area contributed by atoms with Crippen LogP contribution in [-0.2, 0) is 17.8 Å². The summed E-state index contributed by atoms with van der Waals surface area (Å²) in [5, 5.41) is 9.13. The third-order valence-corrected chi connectivity index (χ3v) is 4.61. The summed E-state index contributed by atoms with van der Waals surface area (Å²) >= 11 is 12.0. The molecule has 0 spiro atoms. The van der Waals surface area contributed by atoms with E-state index >= 15 is 0 Å². The molecule has 1 N–H and O–H groups in total. The highest BCUT2D eigenvalue weighted by molar-refractivity contribution is 6.35. The van der Waals surface area contributed by atoms with Gasteiger partial charge in [0.05, 0.1) is 41.4 Å². The normalized spacial score (nSPS) is 10.9. The number of rotatable bonds is 6. The maximum atomic E-state index is 12.6. The number of halogens is 2. The molecule has 0 bridgehead atoms. The number of nitrogens with one attached hydrogen (secondary N) is 1. The van der Waals surface area contributed by atoms with Gasteiger partial charge in [0, 0.05) is 17.5 Å². The van der Waals surface area contributed by atoms with Gasteiger partial charge in [0.2, 0.25) is 0 Å². The molecule has 2 aromatic carbocycles. The largest absolute Gasteiger partial charge is 0.383 e. The number of amides is 1. The molecular weight excluding hydrogens is 389 g/mol. The number of ether oxygens (including phenoxy) is 1. The van der Waals surface area contributed by atoms with Crippen LogP contribution >= 0.6 is 23.2 Å². The molecule has 0 fully saturated rings. The van der Waals surface area contributed by atoms with Gasteiger partial charge < -0.3 is 10.1 Å². The molecule has 0 saturated carbocycles. The molecule has 1 aromatic heterocycles. The van der Waals surface area contributed by atoms with E-state index in [9.17, 15) is 9.59 Å². The summed E-state index contributed by atoms with van der Waals surface area (Å²) in [6, 6.07) is 11.8. The highest BCUT2D eigenvalue weighted by Crippen LogP contribution is 2.21.